The number of aryl methyl sites for hydroxylation is 1. The Morgan fingerprint density at radius 2 is 1.83 bits per heavy atom. The average molecular weight is 501 g/mol. The molecule has 0 aliphatic carbocycles. The van der Waals surface area contributed by atoms with Gasteiger partial charge >= 0.3 is 6.09 Å². The minimum atomic E-state index is -1.23. The Hall–Kier alpha value is -3.54. The summed E-state index contributed by atoms with van der Waals surface area (Å²) in [4.78, 5) is 51.9. The van der Waals surface area contributed by atoms with Gasteiger partial charge in [-0.25, -0.2) is 4.79 Å². The van der Waals surface area contributed by atoms with Crippen LogP contribution >= 0.6 is 0 Å². The van der Waals surface area contributed by atoms with E-state index < -0.39 is 41.5 Å². The van der Waals surface area contributed by atoms with Gasteiger partial charge in [-0.15, -0.1) is 0 Å². The van der Waals surface area contributed by atoms with Crippen LogP contribution in [0.2, 0.25) is 0 Å². The number of primary amides is 1. The van der Waals surface area contributed by atoms with Crippen LogP contribution in [-0.2, 0) is 19.1 Å². The number of benzene rings is 1. The number of nitrogens with one attached hydrogen (secondary N) is 2. The summed E-state index contributed by atoms with van der Waals surface area (Å²) in [5.74, 6) is -1.80. The monoisotopic (exact) mass is 500 g/mol. The lowest BCUT2D eigenvalue weighted by Crippen LogP contribution is -2.52. The van der Waals surface area contributed by atoms with Crippen LogP contribution in [0, 0.1) is 26.3 Å². The quantitative estimate of drug-likeness (QED) is 0.230. The maximum absolute atomic E-state index is 13.7. The van der Waals surface area contributed by atoms with Crippen LogP contribution in [0.25, 0.3) is 0 Å². The van der Waals surface area contributed by atoms with E-state index in [1.165, 1.54) is 0 Å². The Balaban J connectivity index is 3.40. The Kier molecular flexibility index (Phi) is 12.0. The van der Waals surface area contributed by atoms with Gasteiger partial charge in [0.15, 0.2) is 0 Å². The average Bonchev–Trinajstić information content (AvgIpc) is 2.78. The van der Waals surface area contributed by atoms with E-state index in [0.29, 0.717) is 12.1 Å². The summed E-state index contributed by atoms with van der Waals surface area (Å²) in [6.07, 6.45) is 7.36. The molecule has 0 bridgehead atoms. The minimum absolute atomic E-state index is 0.108. The standard InChI is InChI=1S/C27H40N4O5/c1-8-10-11-17-29-24(33)23(20-14-12-13-18(3)19(20)4)31(9-2)25(34)21(15-16-22(28)32)30-26(35)36-27(5,6)7/h2,12-14,21,23H,8,10-11,15-17H2,1,3-7H3,(H2,28,32)(H,29,33)(H,30,35). The summed E-state index contributed by atoms with van der Waals surface area (Å²) in [5.41, 5.74) is 6.78. The van der Waals surface area contributed by atoms with Crippen molar-refractivity contribution >= 4 is 23.8 Å². The van der Waals surface area contributed by atoms with Crippen LogP contribution in [0.15, 0.2) is 18.2 Å². The molecule has 4 N–H and O–H groups in total. The molecule has 0 heterocycles. The molecule has 1 aromatic rings. The van der Waals surface area contributed by atoms with Crippen molar-refractivity contribution in [2.45, 2.75) is 91.3 Å². The van der Waals surface area contributed by atoms with Crippen LogP contribution in [0.3, 0.4) is 0 Å². The van der Waals surface area contributed by atoms with E-state index in [-0.39, 0.29) is 12.8 Å². The Bertz CT molecular complexity index is 977. The van der Waals surface area contributed by atoms with Gasteiger partial charge in [-0.3, -0.25) is 19.3 Å². The van der Waals surface area contributed by atoms with Crippen molar-refractivity contribution in [1.29, 1.82) is 0 Å². The molecule has 0 spiro atoms. The summed E-state index contributed by atoms with van der Waals surface area (Å²) in [5, 5.41) is 5.37. The summed E-state index contributed by atoms with van der Waals surface area (Å²) in [6, 6.07) is 5.40. The number of alkyl carbamates (subject to hydrolysis) is 1. The predicted molar refractivity (Wildman–Crippen MR) is 138 cm³/mol. The van der Waals surface area contributed by atoms with Crippen molar-refractivity contribution < 1.29 is 23.9 Å². The van der Waals surface area contributed by atoms with Crippen molar-refractivity contribution in [2.75, 3.05) is 6.54 Å². The number of unbranched alkanes of at least 4 members (excludes halogenated alkanes) is 2. The predicted octanol–water partition coefficient (Wildman–Crippen LogP) is 3.23. The molecule has 198 valence electrons. The molecule has 0 aliphatic heterocycles. The first-order valence-electron chi connectivity index (χ1n) is 12.2. The molecular formula is C27H40N4O5. The van der Waals surface area contributed by atoms with Gasteiger partial charge in [-0.05, 0) is 64.2 Å². The second-order valence-electron chi connectivity index (χ2n) is 9.73. The first-order chi connectivity index (χ1) is 16.8. The van der Waals surface area contributed by atoms with Crippen molar-refractivity contribution in [2.24, 2.45) is 5.73 Å². The van der Waals surface area contributed by atoms with E-state index in [1.54, 1.807) is 32.9 Å². The molecule has 0 fully saturated rings. The number of amides is 4. The molecule has 2 atom stereocenters. The molecule has 9 nitrogen and oxygen atoms in total. The van der Waals surface area contributed by atoms with E-state index in [2.05, 4.69) is 23.6 Å². The molecule has 0 aromatic heterocycles. The SMILES string of the molecule is C#CN(C(=O)C(CCC(N)=O)NC(=O)OC(C)(C)C)C(C(=O)NCCCCC)c1cccc(C)c1C. The summed E-state index contributed by atoms with van der Waals surface area (Å²) in [6.45, 7) is 11.3. The summed E-state index contributed by atoms with van der Waals surface area (Å²) in [7, 11) is 0. The van der Waals surface area contributed by atoms with E-state index in [1.807, 2.05) is 19.9 Å². The van der Waals surface area contributed by atoms with Gasteiger partial charge in [0.1, 0.15) is 17.7 Å². The number of hydrogen-bond donors (Lipinski definition) is 3. The molecule has 0 radical (unpaired) electrons. The fourth-order valence-corrected chi connectivity index (χ4v) is 3.58. The number of carbonyl (C=O) groups is 4. The number of nitrogens with zero attached hydrogens (tertiary/aromatic N) is 1. The van der Waals surface area contributed by atoms with Gasteiger partial charge in [0, 0.05) is 19.0 Å². The Labute approximate surface area is 214 Å². The Morgan fingerprint density at radius 1 is 1.17 bits per heavy atom. The molecule has 4 amide bonds. The first kappa shape index (κ1) is 30.5. The van der Waals surface area contributed by atoms with E-state index >= 15 is 0 Å². The topological polar surface area (TPSA) is 131 Å². The molecule has 0 saturated carbocycles. The Morgan fingerprint density at radius 3 is 2.39 bits per heavy atom. The third kappa shape index (κ3) is 9.61. The van der Waals surface area contributed by atoms with Crippen molar-refractivity contribution in [3.8, 4) is 12.5 Å². The van der Waals surface area contributed by atoms with Gasteiger partial charge in [-0.1, -0.05) is 44.4 Å². The third-order valence-corrected chi connectivity index (χ3v) is 5.57. The highest BCUT2D eigenvalue weighted by molar-refractivity contribution is 5.93. The molecule has 36 heavy (non-hydrogen) atoms. The number of hydrogen-bond acceptors (Lipinski definition) is 5. The van der Waals surface area contributed by atoms with Crippen molar-refractivity contribution in [1.82, 2.24) is 15.5 Å². The number of rotatable bonds is 12. The van der Waals surface area contributed by atoms with Crippen LogP contribution in [0.4, 0.5) is 4.79 Å². The van der Waals surface area contributed by atoms with Crippen molar-refractivity contribution in [3.63, 3.8) is 0 Å². The fourth-order valence-electron chi connectivity index (χ4n) is 3.58. The minimum Gasteiger partial charge on any atom is -0.444 e. The maximum Gasteiger partial charge on any atom is 0.408 e. The highest BCUT2D eigenvalue weighted by Gasteiger charge is 2.36. The highest BCUT2D eigenvalue weighted by atomic mass is 16.6. The molecule has 0 saturated heterocycles. The highest BCUT2D eigenvalue weighted by Crippen LogP contribution is 2.27. The largest absolute Gasteiger partial charge is 0.444 e. The zero-order valence-electron chi connectivity index (χ0n) is 22.3. The zero-order valence-corrected chi connectivity index (χ0v) is 22.3. The fraction of sp³-hybridized carbons (Fsp3) is 0.556. The van der Waals surface area contributed by atoms with Crippen LogP contribution in [-0.4, -0.2) is 46.9 Å². The summed E-state index contributed by atoms with van der Waals surface area (Å²) < 4.78 is 5.27. The molecular weight excluding hydrogens is 460 g/mol. The number of carbonyl (C=O) groups excluding carboxylic acids is 4. The van der Waals surface area contributed by atoms with Crippen LogP contribution in [0.5, 0.6) is 0 Å². The zero-order chi connectivity index (χ0) is 27.5. The maximum atomic E-state index is 13.7. The first-order valence-corrected chi connectivity index (χ1v) is 12.2. The second kappa shape index (κ2) is 14.1. The van der Waals surface area contributed by atoms with Gasteiger partial charge in [-0.2, -0.15) is 0 Å². The van der Waals surface area contributed by atoms with E-state index in [9.17, 15) is 19.2 Å². The number of nitrogens with two attached hydrogens (primary N) is 1. The third-order valence-electron chi connectivity index (χ3n) is 5.57. The summed E-state index contributed by atoms with van der Waals surface area (Å²) >= 11 is 0. The molecule has 9 heteroatoms. The normalized spacial score (nSPS) is 12.6. The van der Waals surface area contributed by atoms with Crippen LogP contribution in [0.1, 0.15) is 82.5 Å². The molecule has 0 aliphatic rings. The molecule has 1 rings (SSSR count). The smallest absolute Gasteiger partial charge is 0.408 e. The van der Waals surface area contributed by atoms with E-state index in [0.717, 1.165) is 35.3 Å². The van der Waals surface area contributed by atoms with Crippen LogP contribution < -0.4 is 16.4 Å². The lowest BCUT2D eigenvalue weighted by molar-refractivity contribution is -0.138. The van der Waals surface area contributed by atoms with Crippen molar-refractivity contribution in [3.05, 3.63) is 34.9 Å². The molecule has 2 unspecified atom stereocenters. The lowest BCUT2D eigenvalue weighted by Gasteiger charge is -2.31. The van der Waals surface area contributed by atoms with Gasteiger partial charge in [0.2, 0.25) is 11.8 Å². The van der Waals surface area contributed by atoms with Gasteiger partial charge in [0.25, 0.3) is 5.91 Å². The number of ether oxygens (including phenoxy) is 1. The number of terminal acetylenes is 1. The molecule has 1 aromatic carbocycles. The van der Waals surface area contributed by atoms with E-state index in [4.69, 9.17) is 16.9 Å². The lowest BCUT2D eigenvalue weighted by atomic mass is 9.95. The van der Waals surface area contributed by atoms with Gasteiger partial charge in [0.05, 0.1) is 0 Å². The van der Waals surface area contributed by atoms with Gasteiger partial charge < -0.3 is 21.1 Å². The second-order valence-corrected chi connectivity index (χ2v) is 9.73.